The highest BCUT2D eigenvalue weighted by atomic mass is 32.2. The molecule has 1 aromatic heterocycles. The van der Waals surface area contributed by atoms with E-state index in [2.05, 4.69) is 15.0 Å². The predicted octanol–water partition coefficient (Wildman–Crippen LogP) is 5.26. The molecule has 2 aromatic carbocycles. The van der Waals surface area contributed by atoms with Gasteiger partial charge in [0, 0.05) is 18.2 Å². The van der Waals surface area contributed by atoms with Gasteiger partial charge in [-0.05, 0) is 61.9 Å². The van der Waals surface area contributed by atoms with Crippen molar-refractivity contribution in [2.75, 3.05) is 10.7 Å². The molecule has 1 heterocycles. The van der Waals surface area contributed by atoms with Gasteiger partial charge in [0.25, 0.3) is 5.91 Å². The summed E-state index contributed by atoms with van der Waals surface area (Å²) >= 11 is 0. The van der Waals surface area contributed by atoms with E-state index in [1.54, 1.807) is 24.0 Å². The first-order chi connectivity index (χ1) is 17.8. The zero-order valence-corrected chi connectivity index (χ0v) is 21.7. The lowest BCUT2D eigenvalue weighted by atomic mass is 10.1. The Hall–Kier alpha value is -3.67. The lowest BCUT2D eigenvalue weighted by molar-refractivity contribution is -0.274. The monoisotopic (exact) mass is 553 g/mol. The van der Waals surface area contributed by atoms with Crippen LogP contribution in [0.3, 0.4) is 0 Å². The van der Waals surface area contributed by atoms with Gasteiger partial charge in [-0.2, -0.15) is 0 Å². The number of amides is 1. The third kappa shape index (κ3) is 7.67. The zero-order chi connectivity index (χ0) is 28.1. The Morgan fingerprint density at radius 1 is 1.08 bits per heavy atom. The second-order valence-electron chi connectivity index (χ2n) is 8.65. The maximum atomic E-state index is 15.1. The van der Waals surface area contributed by atoms with Gasteiger partial charge in [-0.25, -0.2) is 12.8 Å². The van der Waals surface area contributed by atoms with Crippen LogP contribution in [0.4, 0.5) is 23.2 Å². The van der Waals surface area contributed by atoms with E-state index in [0.717, 1.165) is 18.3 Å². The van der Waals surface area contributed by atoms with Crippen LogP contribution in [0.1, 0.15) is 42.4 Å². The number of sulfone groups is 1. The molecule has 0 aliphatic heterocycles. The zero-order valence-electron chi connectivity index (χ0n) is 20.9. The summed E-state index contributed by atoms with van der Waals surface area (Å²) in [6.45, 7) is 5.42. The molecule has 3 rings (SSSR count). The van der Waals surface area contributed by atoms with Crippen molar-refractivity contribution in [3.63, 3.8) is 0 Å². The molecular formula is C26H27F4N3O4S. The van der Waals surface area contributed by atoms with Crippen molar-refractivity contribution in [1.29, 1.82) is 0 Å². The minimum atomic E-state index is -4.83. The fourth-order valence-electron chi connectivity index (χ4n) is 3.57. The summed E-state index contributed by atoms with van der Waals surface area (Å²) in [5.74, 6) is -1.64. The second-order valence-corrected chi connectivity index (χ2v) is 10.9. The van der Waals surface area contributed by atoms with E-state index in [-0.39, 0.29) is 41.0 Å². The number of anilines is 1. The fourth-order valence-corrected chi connectivity index (χ4v) is 4.45. The molecule has 0 fully saturated rings. The van der Waals surface area contributed by atoms with Crippen LogP contribution in [0.15, 0.2) is 65.7 Å². The van der Waals surface area contributed by atoms with Crippen molar-refractivity contribution >= 4 is 21.4 Å². The van der Waals surface area contributed by atoms with Gasteiger partial charge in [0.05, 0.1) is 34.8 Å². The van der Waals surface area contributed by atoms with Crippen LogP contribution in [-0.4, -0.2) is 37.5 Å². The van der Waals surface area contributed by atoms with Gasteiger partial charge in [0.15, 0.2) is 9.84 Å². The number of halogens is 4. The number of nitrogens with one attached hydrogen (secondary N) is 1. The maximum absolute atomic E-state index is 15.1. The van der Waals surface area contributed by atoms with Crippen molar-refractivity contribution in [3.8, 4) is 5.75 Å². The number of rotatable bonds is 10. The largest absolute Gasteiger partial charge is 0.573 e. The Morgan fingerprint density at radius 2 is 1.76 bits per heavy atom. The van der Waals surface area contributed by atoms with E-state index in [9.17, 15) is 26.4 Å². The summed E-state index contributed by atoms with van der Waals surface area (Å²) in [5.41, 5.74) is 1.36. The van der Waals surface area contributed by atoms with Gasteiger partial charge in [0.1, 0.15) is 11.6 Å². The van der Waals surface area contributed by atoms with E-state index in [1.165, 1.54) is 30.3 Å². The minimum absolute atomic E-state index is 0.0153. The summed E-state index contributed by atoms with van der Waals surface area (Å²) in [5, 5.41) is 2.68. The molecule has 0 spiro atoms. The molecule has 7 nitrogen and oxygen atoms in total. The average Bonchev–Trinajstić information content (AvgIpc) is 2.86. The van der Waals surface area contributed by atoms with Gasteiger partial charge in [-0.3, -0.25) is 9.78 Å². The normalized spacial score (nSPS) is 11.9. The molecule has 0 aliphatic carbocycles. The smallest absolute Gasteiger partial charge is 0.404 e. The first-order valence-corrected chi connectivity index (χ1v) is 13.3. The van der Waals surface area contributed by atoms with Crippen LogP contribution < -0.4 is 15.0 Å². The lowest BCUT2D eigenvalue weighted by Gasteiger charge is -2.29. The Labute approximate surface area is 218 Å². The third-order valence-electron chi connectivity index (χ3n) is 5.62. The minimum Gasteiger partial charge on any atom is -0.404 e. The number of hydrogen-bond donors (Lipinski definition) is 1. The summed E-state index contributed by atoms with van der Waals surface area (Å²) < 4.78 is 79.8. The van der Waals surface area contributed by atoms with Crippen LogP contribution in [0, 0.1) is 5.82 Å². The van der Waals surface area contributed by atoms with Gasteiger partial charge < -0.3 is 15.0 Å². The summed E-state index contributed by atoms with van der Waals surface area (Å²) in [7, 11) is -3.32. The highest BCUT2D eigenvalue weighted by molar-refractivity contribution is 7.91. The molecule has 38 heavy (non-hydrogen) atoms. The number of alkyl halides is 3. The molecule has 0 unspecified atom stereocenters. The van der Waals surface area contributed by atoms with Crippen molar-refractivity contribution < 1.29 is 35.5 Å². The van der Waals surface area contributed by atoms with Crippen molar-refractivity contribution in [2.24, 2.45) is 0 Å². The highest BCUT2D eigenvalue weighted by Crippen LogP contribution is 2.26. The Morgan fingerprint density at radius 3 is 2.29 bits per heavy atom. The first-order valence-electron chi connectivity index (χ1n) is 11.7. The molecule has 0 radical (unpaired) electrons. The molecular weight excluding hydrogens is 526 g/mol. The number of benzene rings is 2. The van der Waals surface area contributed by atoms with Gasteiger partial charge >= 0.3 is 6.36 Å². The molecule has 204 valence electrons. The second kappa shape index (κ2) is 11.8. The van der Waals surface area contributed by atoms with Crippen LogP contribution in [0.2, 0.25) is 0 Å². The first kappa shape index (κ1) is 28.9. The lowest BCUT2D eigenvalue weighted by Crippen LogP contribution is -2.31. The standard InChI is InChI=1S/C26H27F4N3O4S/c1-4-38(35,36)22-10-5-18(6-11-22)14-32-25(34)19-7-12-24(23(27)13-19)33(17(2)3)16-20-8-9-21(15-31-20)37-26(28,29)30/h5-13,15,17H,4,14,16H2,1-3H3,(H,32,34). The Kier molecular flexibility index (Phi) is 8.97. The molecule has 1 N–H and O–H groups in total. The summed E-state index contributed by atoms with van der Waals surface area (Å²) in [4.78, 5) is 18.4. The van der Waals surface area contributed by atoms with Crippen LogP contribution in [0.25, 0.3) is 0 Å². The van der Waals surface area contributed by atoms with Gasteiger partial charge in [-0.1, -0.05) is 19.1 Å². The van der Waals surface area contributed by atoms with E-state index in [4.69, 9.17) is 0 Å². The molecule has 0 saturated carbocycles. The molecule has 3 aromatic rings. The quantitative estimate of drug-likeness (QED) is 0.345. The van der Waals surface area contributed by atoms with Crippen molar-refractivity contribution in [2.45, 2.75) is 51.2 Å². The van der Waals surface area contributed by atoms with E-state index in [1.807, 2.05) is 13.8 Å². The predicted molar refractivity (Wildman–Crippen MR) is 134 cm³/mol. The fraction of sp³-hybridized carbons (Fsp3) is 0.308. The Bertz CT molecular complexity index is 1360. The average molecular weight is 554 g/mol. The molecule has 1 amide bonds. The topological polar surface area (TPSA) is 88.6 Å². The van der Waals surface area contributed by atoms with Gasteiger partial charge in [0.2, 0.25) is 0 Å². The number of hydrogen-bond acceptors (Lipinski definition) is 6. The Balaban J connectivity index is 1.68. The molecule has 12 heteroatoms. The number of carbonyl (C=O) groups is 1. The molecule has 0 aliphatic rings. The molecule has 0 saturated heterocycles. The maximum Gasteiger partial charge on any atom is 0.573 e. The van der Waals surface area contributed by atoms with Crippen LogP contribution in [0.5, 0.6) is 5.75 Å². The SMILES string of the molecule is CCS(=O)(=O)c1ccc(CNC(=O)c2ccc(N(Cc3ccc(OC(F)(F)F)cn3)C(C)C)c(F)c2)cc1. The van der Waals surface area contributed by atoms with E-state index >= 15 is 4.39 Å². The third-order valence-corrected chi connectivity index (χ3v) is 7.37. The van der Waals surface area contributed by atoms with Crippen LogP contribution >= 0.6 is 0 Å². The van der Waals surface area contributed by atoms with Crippen LogP contribution in [-0.2, 0) is 22.9 Å². The molecule has 0 atom stereocenters. The summed E-state index contributed by atoms with van der Waals surface area (Å²) in [6, 6.07) is 12.5. The van der Waals surface area contributed by atoms with E-state index in [0.29, 0.717) is 11.3 Å². The number of nitrogens with zero attached hydrogens (tertiary/aromatic N) is 2. The number of ether oxygens (including phenoxy) is 1. The van der Waals surface area contributed by atoms with E-state index < -0.39 is 33.7 Å². The van der Waals surface area contributed by atoms with Crippen molar-refractivity contribution in [3.05, 3.63) is 83.4 Å². The van der Waals surface area contributed by atoms with Crippen molar-refractivity contribution in [1.82, 2.24) is 10.3 Å². The number of aromatic nitrogens is 1. The molecule has 0 bridgehead atoms. The summed E-state index contributed by atoms with van der Waals surface area (Å²) in [6.07, 6.45) is -3.88. The van der Waals surface area contributed by atoms with Gasteiger partial charge in [-0.15, -0.1) is 13.2 Å². The number of pyridine rings is 1. The number of carbonyl (C=O) groups excluding carboxylic acids is 1. The highest BCUT2D eigenvalue weighted by Gasteiger charge is 2.31.